The van der Waals surface area contributed by atoms with Gasteiger partial charge in [-0.3, -0.25) is 4.79 Å². The van der Waals surface area contributed by atoms with Crippen molar-refractivity contribution in [2.24, 2.45) is 0 Å². The molecule has 3 nitrogen and oxygen atoms in total. The molecule has 1 atom stereocenters. The lowest BCUT2D eigenvalue weighted by atomic mass is 9.97. The first-order valence-electron chi connectivity index (χ1n) is 6.56. The quantitative estimate of drug-likeness (QED) is 0.701. The van der Waals surface area contributed by atoms with Crippen molar-refractivity contribution in [3.8, 4) is 0 Å². The lowest BCUT2D eigenvalue weighted by Gasteiger charge is -2.14. The molecule has 0 saturated carbocycles. The van der Waals surface area contributed by atoms with E-state index in [1.165, 1.54) is 0 Å². The highest BCUT2D eigenvalue weighted by molar-refractivity contribution is 9.11. The maximum Gasteiger partial charge on any atom is 0.225 e. The van der Waals surface area contributed by atoms with Crippen LogP contribution in [-0.2, 0) is 4.79 Å². The third-order valence-electron chi connectivity index (χ3n) is 3.22. The Bertz CT molecular complexity index is 621. The van der Waals surface area contributed by atoms with Gasteiger partial charge in [0.05, 0.1) is 5.69 Å². The van der Waals surface area contributed by atoms with Gasteiger partial charge in [-0.2, -0.15) is 0 Å². The van der Waals surface area contributed by atoms with Crippen molar-refractivity contribution in [2.45, 2.75) is 19.3 Å². The molecule has 0 aliphatic heterocycles. The van der Waals surface area contributed by atoms with Gasteiger partial charge in [-0.1, -0.05) is 25.1 Å². The second kappa shape index (κ2) is 7.09. The molecule has 2 aromatic carbocycles. The van der Waals surface area contributed by atoms with Crippen LogP contribution in [0.1, 0.15) is 24.8 Å². The molecule has 3 N–H and O–H groups in total. The van der Waals surface area contributed by atoms with Crippen molar-refractivity contribution >= 4 is 49.1 Å². The Morgan fingerprint density at radius 1 is 1.14 bits per heavy atom. The molecule has 0 heterocycles. The number of carbonyl (C=O) groups is 1. The molecule has 0 aromatic heterocycles. The summed E-state index contributed by atoms with van der Waals surface area (Å²) in [6.07, 6.45) is 0.414. The predicted octanol–water partition coefficient (Wildman–Crippen LogP) is 4.93. The SMILES string of the molecule is CC(CC(=O)Nc1c(Br)cccc1Br)c1ccc(N)cc1. The molecule has 5 heteroatoms. The van der Waals surface area contributed by atoms with Gasteiger partial charge in [0, 0.05) is 21.1 Å². The van der Waals surface area contributed by atoms with Crippen LogP contribution in [0.25, 0.3) is 0 Å². The number of hydrogen-bond acceptors (Lipinski definition) is 2. The molecule has 0 fully saturated rings. The van der Waals surface area contributed by atoms with E-state index in [2.05, 4.69) is 37.2 Å². The number of nitrogens with one attached hydrogen (secondary N) is 1. The van der Waals surface area contributed by atoms with Crippen molar-refractivity contribution in [1.29, 1.82) is 0 Å². The second-order valence-electron chi connectivity index (χ2n) is 4.92. The molecule has 1 unspecified atom stereocenters. The number of nitrogens with two attached hydrogens (primary N) is 1. The fourth-order valence-electron chi connectivity index (χ4n) is 2.03. The number of hydrogen-bond donors (Lipinski definition) is 2. The molecule has 21 heavy (non-hydrogen) atoms. The smallest absolute Gasteiger partial charge is 0.225 e. The summed E-state index contributed by atoms with van der Waals surface area (Å²) < 4.78 is 1.70. The largest absolute Gasteiger partial charge is 0.399 e. The van der Waals surface area contributed by atoms with Gasteiger partial charge in [-0.25, -0.2) is 0 Å². The van der Waals surface area contributed by atoms with E-state index in [0.29, 0.717) is 6.42 Å². The molecular weight excluding hydrogens is 396 g/mol. The van der Waals surface area contributed by atoms with E-state index >= 15 is 0 Å². The van der Waals surface area contributed by atoms with E-state index in [1.54, 1.807) is 0 Å². The number of carbonyl (C=O) groups excluding carboxylic acids is 1. The summed E-state index contributed by atoms with van der Waals surface area (Å²) >= 11 is 6.87. The monoisotopic (exact) mass is 410 g/mol. The standard InChI is InChI=1S/C16H16Br2N2O/c1-10(11-5-7-12(19)8-6-11)9-15(21)20-16-13(17)3-2-4-14(16)18/h2-8,10H,9,19H2,1H3,(H,20,21). The number of nitrogen functional groups attached to an aromatic ring is 1. The van der Waals surface area contributed by atoms with Crippen LogP contribution >= 0.6 is 31.9 Å². The van der Waals surface area contributed by atoms with Crippen LogP contribution in [0.5, 0.6) is 0 Å². The number of anilines is 2. The van der Waals surface area contributed by atoms with Crippen LogP contribution in [0.3, 0.4) is 0 Å². The van der Waals surface area contributed by atoms with E-state index < -0.39 is 0 Å². The van der Waals surface area contributed by atoms with Crippen LogP contribution in [0.15, 0.2) is 51.4 Å². The number of halogens is 2. The fraction of sp³-hybridized carbons (Fsp3) is 0.188. The Labute approximate surface area is 141 Å². The molecule has 2 aromatic rings. The molecule has 0 aliphatic rings. The molecule has 1 amide bonds. The molecule has 0 spiro atoms. The zero-order chi connectivity index (χ0) is 15.4. The highest BCUT2D eigenvalue weighted by Crippen LogP contribution is 2.31. The lowest BCUT2D eigenvalue weighted by Crippen LogP contribution is -2.15. The molecule has 0 aliphatic carbocycles. The average molecular weight is 412 g/mol. The minimum Gasteiger partial charge on any atom is -0.399 e. The average Bonchev–Trinajstić information content (AvgIpc) is 2.43. The van der Waals surface area contributed by atoms with Crippen molar-refractivity contribution in [1.82, 2.24) is 0 Å². The van der Waals surface area contributed by atoms with Crippen molar-refractivity contribution in [3.63, 3.8) is 0 Å². The van der Waals surface area contributed by atoms with Crippen molar-refractivity contribution in [2.75, 3.05) is 11.1 Å². The Balaban J connectivity index is 2.03. The second-order valence-corrected chi connectivity index (χ2v) is 6.63. The molecule has 0 bridgehead atoms. The maximum atomic E-state index is 12.2. The highest BCUT2D eigenvalue weighted by Gasteiger charge is 2.14. The minimum atomic E-state index is -0.0214. The van der Waals surface area contributed by atoms with Crippen LogP contribution in [0.2, 0.25) is 0 Å². The third kappa shape index (κ3) is 4.32. The molecule has 2 rings (SSSR count). The normalized spacial score (nSPS) is 12.0. The van der Waals surface area contributed by atoms with Crippen molar-refractivity contribution < 1.29 is 4.79 Å². The topological polar surface area (TPSA) is 55.1 Å². The maximum absolute atomic E-state index is 12.2. The Morgan fingerprint density at radius 2 is 1.71 bits per heavy atom. The van der Waals surface area contributed by atoms with Crippen molar-refractivity contribution in [3.05, 3.63) is 57.0 Å². The van der Waals surface area contributed by atoms with Gasteiger partial charge in [0.1, 0.15) is 0 Å². The Hall–Kier alpha value is -1.33. The van der Waals surface area contributed by atoms with Gasteiger partial charge in [0.2, 0.25) is 5.91 Å². The number of amides is 1. The zero-order valence-electron chi connectivity index (χ0n) is 11.6. The van der Waals surface area contributed by atoms with Gasteiger partial charge in [-0.05, 0) is 67.6 Å². The Kier molecular flexibility index (Phi) is 5.42. The van der Waals surface area contributed by atoms with Gasteiger partial charge in [0.25, 0.3) is 0 Å². The summed E-state index contributed by atoms with van der Waals surface area (Å²) in [7, 11) is 0. The number of para-hydroxylation sites is 1. The first-order valence-corrected chi connectivity index (χ1v) is 8.15. The summed E-state index contributed by atoms with van der Waals surface area (Å²) in [6.45, 7) is 2.03. The first-order chi connectivity index (χ1) is 9.97. The predicted molar refractivity (Wildman–Crippen MR) is 94.4 cm³/mol. The highest BCUT2D eigenvalue weighted by atomic mass is 79.9. The molecule has 0 saturated heterocycles. The van der Waals surface area contributed by atoms with E-state index in [9.17, 15) is 4.79 Å². The Morgan fingerprint density at radius 3 is 2.29 bits per heavy atom. The summed E-state index contributed by atoms with van der Waals surface area (Å²) in [4.78, 5) is 12.2. The molecule has 110 valence electrons. The summed E-state index contributed by atoms with van der Waals surface area (Å²) in [5, 5.41) is 2.93. The van der Waals surface area contributed by atoms with Gasteiger partial charge >= 0.3 is 0 Å². The van der Waals surface area contributed by atoms with E-state index in [4.69, 9.17) is 5.73 Å². The molecule has 0 radical (unpaired) electrons. The third-order valence-corrected chi connectivity index (χ3v) is 4.55. The molecular formula is C16H16Br2N2O. The number of benzene rings is 2. The zero-order valence-corrected chi connectivity index (χ0v) is 14.7. The summed E-state index contributed by atoms with van der Waals surface area (Å²) in [5.74, 6) is 0.110. The first kappa shape index (κ1) is 16.0. The van der Waals surface area contributed by atoms with Crippen LogP contribution in [-0.4, -0.2) is 5.91 Å². The van der Waals surface area contributed by atoms with Crippen LogP contribution in [0.4, 0.5) is 11.4 Å². The van der Waals surface area contributed by atoms with Crippen LogP contribution in [0, 0.1) is 0 Å². The summed E-state index contributed by atoms with van der Waals surface area (Å²) in [6, 6.07) is 13.3. The lowest BCUT2D eigenvalue weighted by molar-refractivity contribution is -0.116. The van der Waals surface area contributed by atoms with Gasteiger partial charge in [0.15, 0.2) is 0 Å². The van der Waals surface area contributed by atoms with E-state index in [0.717, 1.165) is 25.9 Å². The summed E-state index contributed by atoms with van der Waals surface area (Å²) in [5.41, 5.74) is 8.26. The number of rotatable bonds is 4. The van der Waals surface area contributed by atoms with Gasteiger partial charge < -0.3 is 11.1 Å². The van der Waals surface area contributed by atoms with E-state index in [1.807, 2.05) is 49.4 Å². The van der Waals surface area contributed by atoms with E-state index in [-0.39, 0.29) is 11.8 Å². The van der Waals surface area contributed by atoms with Crippen LogP contribution < -0.4 is 11.1 Å². The van der Waals surface area contributed by atoms with Gasteiger partial charge in [-0.15, -0.1) is 0 Å². The fourth-order valence-corrected chi connectivity index (χ4v) is 3.22. The minimum absolute atomic E-state index is 0.0214.